The lowest BCUT2D eigenvalue weighted by molar-refractivity contribution is -0.144. The first-order valence-electron chi connectivity index (χ1n) is 4.66. The fraction of sp³-hybridized carbons (Fsp3) is 0.889. The van der Waals surface area contributed by atoms with Crippen molar-refractivity contribution in [3.8, 4) is 0 Å². The van der Waals surface area contributed by atoms with E-state index < -0.39 is 0 Å². The summed E-state index contributed by atoms with van der Waals surface area (Å²) >= 11 is 0. The van der Waals surface area contributed by atoms with Crippen LogP contribution >= 0.6 is 0 Å². The van der Waals surface area contributed by atoms with E-state index in [0.717, 1.165) is 0 Å². The van der Waals surface area contributed by atoms with Gasteiger partial charge >= 0.3 is 5.97 Å². The maximum Gasteiger partial charge on any atom is 0.309 e. The van der Waals surface area contributed by atoms with Gasteiger partial charge in [-0.1, -0.05) is 0 Å². The van der Waals surface area contributed by atoms with Gasteiger partial charge in [0, 0.05) is 13.2 Å². The van der Waals surface area contributed by atoms with Gasteiger partial charge in [-0.2, -0.15) is 0 Å². The quantitative estimate of drug-likeness (QED) is 0.597. The Hall–Kier alpha value is -0.610. The molecule has 4 heteroatoms. The molecular formula is C9H16O4. The molecule has 13 heavy (non-hydrogen) atoms. The molecule has 1 heterocycles. The zero-order valence-electron chi connectivity index (χ0n) is 8.12. The number of cyclic esters (lactones) is 1. The first kappa shape index (κ1) is 10.5. The summed E-state index contributed by atoms with van der Waals surface area (Å²) in [7, 11) is 0. The van der Waals surface area contributed by atoms with Gasteiger partial charge in [0.25, 0.3) is 0 Å². The molecular weight excluding hydrogens is 172 g/mol. The van der Waals surface area contributed by atoms with Gasteiger partial charge in [-0.05, 0) is 13.8 Å². The van der Waals surface area contributed by atoms with Gasteiger partial charge in [0.15, 0.2) is 6.10 Å². The highest BCUT2D eigenvalue weighted by atomic mass is 16.6. The smallest absolute Gasteiger partial charge is 0.309 e. The third-order valence-corrected chi connectivity index (χ3v) is 1.93. The average molecular weight is 188 g/mol. The second-order valence-electron chi connectivity index (χ2n) is 2.89. The number of hydrogen-bond acceptors (Lipinski definition) is 4. The van der Waals surface area contributed by atoms with E-state index in [1.807, 2.05) is 13.8 Å². The summed E-state index contributed by atoms with van der Waals surface area (Å²) in [6.07, 6.45) is 0.0161. The summed E-state index contributed by atoms with van der Waals surface area (Å²) in [5, 5.41) is 0. The first-order chi connectivity index (χ1) is 6.27. The Bertz CT molecular complexity index is 169. The lowest BCUT2D eigenvalue weighted by atomic mass is 10.2. The predicted octanol–water partition coefficient (Wildman–Crippen LogP) is 0.744. The summed E-state index contributed by atoms with van der Waals surface area (Å²) in [5.74, 6) is -0.192. The van der Waals surface area contributed by atoms with E-state index in [0.29, 0.717) is 26.2 Å². The Labute approximate surface area is 78.2 Å². The van der Waals surface area contributed by atoms with Crippen LogP contribution in [0.2, 0.25) is 0 Å². The van der Waals surface area contributed by atoms with E-state index in [-0.39, 0.29) is 18.2 Å². The molecule has 0 amide bonds. The van der Waals surface area contributed by atoms with Gasteiger partial charge in [0.05, 0.1) is 13.0 Å². The molecule has 0 aliphatic carbocycles. The monoisotopic (exact) mass is 188 g/mol. The lowest BCUT2D eigenvalue weighted by Crippen LogP contribution is -2.29. The van der Waals surface area contributed by atoms with Crippen molar-refractivity contribution in [2.75, 3.05) is 19.8 Å². The van der Waals surface area contributed by atoms with Crippen molar-refractivity contribution in [1.82, 2.24) is 0 Å². The predicted molar refractivity (Wildman–Crippen MR) is 46.4 cm³/mol. The van der Waals surface area contributed by atoms with Crippen LogP contribution in [0.4, 0.5) is 0 Å². The van der Waals surface area contributed by atoms with E-state index in [1.54, 1.807) is 0 Å². The van der Waals surface area contributed by atoms with E-state index in [2.05, 4.69) is 0 Å². The molecule has 0 aromatic carbocycles. The van der Waals surface area contributed by atoms with Crippen LogP contribution in [0.15, 0.2) is 0 Å². The summed E-state index contributed by atoms with van der Waals surface area (Å²) in [4.78, 5) is 10.9. The van der Waals surface area contributed by atoms with E-state index in [4.69, 9.17) is 14.2 Å². The van der Waals surface area contributed by atoms with E-state index >= 15 is 0 Å². The molecule has 76 valence electrons. The molecule has 0 unspecified atom stereocenters. The number of esters is 1. The van der Waals surface area contributed by atoms with Crippen molar-refractivity contribution in [2.45, 2.75) is 32.5 Å². The summed E-state index contributed by atoms with van der Waals surface area (Å²) in [5.41, 5.74) is 0. The highest BCUT2D eigenvalue weighted by Gasteiger charge is 2.35. The second kappa shape index (κ2) is 5.19. The van der Waals surface area contributed by atoms with E-state index in [9.17, 15) is 4.79 Å². The maximum atomic E-state index is 10.9. The minimum atomic E-state index is -0.215. The second-order valence-corrected chi connectivity index (χ2v) is 2.89. The van der Waals surface area contributed by atoms with Gasteiger partial charge in [-0.15, -0.1) is 0 Å². The summed E-state index contributed by atoms with van der Waals surface area (Å²) in [6, 6.07) is 0. The number of carbonyl (C=O) groups excluding carboxylic acids is 1. The molecule has 1 fully saturated rings. The zero-order chi connectivity index (χ0) is 9.68. The molecule has 0 saturated carbocycles. The van der Waals surface area contributed by atoms with E-state index in [1.165, 1.54) is 0 Å². The van der Waals surface area contributed by atoms with Gasteiger partial charge in [0.2, 0.25) is 0 Å². The molecule has 0 spiro atoms. The van der Waals surface area contributed by atoms with Gasteiger partial charge in [0.1, 0.15) is 6.10 Å². The standard InChI is InChI=1S/C9H16O4/c1-3-11-6-8-7(12-4-2)5-9(10)13-8/h7-8H,3-6H2,1-2H3/t7-,8-/m1/s1. The van der Waals surface area contributed by atoms with Crippen LogP contribution in [0.25, 0.3) is 0 Å². The van der Waals surface area contributed by atoms with Crippen LogP contribution in [0.1, 0.15) is 20.3 Å². The van der Waals surface area contributed by atoms with Crippen molar-refractivity contribution in [2.24, 2.45) is 0 Å². The Balaban J connectivity index is 2.36. The van der Waals surface area contributed by atoms with Crippen molar-refractivity contribution in [3.63, 3.8) is 0 Å². The molecule has 1 rings (SSSR count). The maximum absolute atomic E-state index is 10.9. The molecule has 0 aromatic heterocycles. The van der Waals surface area contributed by atoms with Crippen molar-refractivity contribution in [3.05, 3.63) is 0 Å². The number of carbonyl (C=O) groups is 1. The molecule has 1 aliphatic rings. The first-order valence-corrected chi connectivity index (χ1v) is 4.66. The van der Waals surface area contributed by atoms with Crippen LogP contribution in [-0.4, -0.2) is 38.0 Å². The zero-order valence-corrected chi connectivity index (χ0v) is 8.12. The van der Waals surface area contributed by atoms with Crippen LogP contribution in [-0.2, 0) is 19.0 Å². The van der Waals surface area contributed by atoms with Crippen molar-refractivity contribution in [1.29, 1.82) is 0 Å². The molecule has 1 aliphatic heterocycles. The minimum Gasteiger partial charge on any atom is -0.457 e. The third-order valence-electron chi connectivity index (χ3n) is 1.93. The highest BCUT2D eigenvalue weighted by Crippen LogP contribution is 2.18. The average Bonchev–Trinajstić information content (AvgIpc) is 2.44. The number of hydrogen-bond donors (Lipinski definition) is 0. The minimum absolute atomic E-state index is 0.121. The van der Waals surface area contributed by atoms with Crippen LogP contribution < -0.4 is 0 Å². The summed E-state index contributed by atoms with van der Waals surface area (Å²) in [6.45, 7) is 5.48. The Kier molecular flexibility index (Phi) is 4.18. The molecule has 0 N–H and O–H groups in total. The number of rotatable bonds is 5. The Morgan fingerprint density at radius 3 is 2.85 bits per heavy atom. The SMILES string of the molecule is CCOC[C@H]1OC(=O)C[C@H]1OCC. The molecule has 2 atom stereocenters. The molecule has 4 nitrogen and oxygen atoms in total. The van der Waals surface area contributed by atoms with Crippen molar-refractivity contribution >= 4 is 5.97 Å². The normalized spacial score (nSPS) is 27.7. The fourth-order valence-electron chi connectivity index (χ4n) is 1.34. The van der Waals surface area contributed by atoms with Crippen LogP contribution in [0.3, 0.4) is 0 Å². The largest absolute Gasteiger partial charge is 0.457 e. The van der Waals surface area contributed by atoms with Crippen molar-refractivity contribution < 1.29 is 19.0 Å². The van der Waals surface area contributed by atoms with Gasteiger partial charge in [-0.3, -0.25) is 4.79 Å². The van der Waals surface area contributed by atoms with Crippen LogP contribution in [0, 0.1) is 0 Å². The highest BCUT2D eigenvalue weighted by molar-refractivity contribution is 5.72. The fourth-order valence-corrected chi connectivity index (χ4v) is 1.34. The molecule has 0 aromatic rings. The van der Waals surface area contributed by atoms with Gasteiger partial charge in [-0.25, -0.2) is 0 Å². The number of ether oxygens (including phenoxy) is 3. The summed E-state index contributed by atoms with van der Waals surface area (Å²) < 4.78 is 15.6. The lowest BCUT2D eigenvalue weighted by Gasteiger charge is -2.16. The van der Waals surface area contributed by atoms with Crippen LogP contribution in [0.5, 0.6) is 0 Å². The molecule has 1 saturated heterocycles. The molecule has 0 radical (unpaired) electrons. The Morgan fingerprint density at radius 1 is 1.46 bits per heavy atom. The topological polar surface area (TPSA) is 44.8 Å². The Morgan fingerprint density at radius 2 is 2.23 bits per heavy atom. The van der Waals surface area contributed by atoms with Gasteiger partial charge < -0.3 is 14.2 Å². The molecule has 0 bridgehead atoms. The third kappa shape index (κ3) is 2.97.